The maximum Gasteiger partial charge on any atom is 0.259 e. The lowest BCUT2D eigenvalue weighted by Gasteiger charge is -2.16. The largest absolute Gasteiger partial charge is 0.497 e. The summed E-state index contributed by atoms with van der Waals surface area (Å²) in [6, 6.07) is 15.6. The number of fused-ring (bicyclic) bond motifs is 1. The van der Waals surface area contributed by atoms with Gasteiger partial charge in [0.2, 0.25) is 0 Å². The summed E-state index contributed by atoms with van der Waals surface area (Å²) in [5.41, 5.74) is 2.52. The number of ether oxygens (including phenoxy) is 3. The SMILES string of the molecule is COc1ccc(N2Cc3cccc(C(=O)Nc4cc(Cl)c(OC)cc4OC)c3C2=O)cc1. The van der Waals surface area contributed by atoms with Crippen LogP contribution >= 0.6 is 11.6 Å². The van der Waals surface area contributed by atoms with Gasteiger partial charge in [0.05, 0.1) is 49.7 Å². The zero-order chi connectivity index (χ0) is 22.8. The molecule has 0 radical (unpaired) electrons. The van der Waals surface area contributed by atoms with Crippen LogP contribution in [0, 0.1) is 0 Å². The van der Waals surface area contributed by atoms with Crippen molar-refractivity contribution in [2.75, 3.05) is 31.5 Å². The van der Waals surface area contributed by atoms with E-state index in [1.165, 1.54) is 14.2 Å². The number of amides is 2. The molecule has 1 heterocycles. The molecular weight excluding hydrogens is 432 g/mol. The van der Waals surface area contributed by atoms with Crippen LogP contribution < -0.4 is 24.4 Å². The molecule has 1 aliphatic heterocycles. The number of rotatable bonds is 6. The van der Waals surface area contributed by atoms with E-state index in [0.717, 1.165) is 11.3 Å². The van der Waals surface area contributed by atoms with Crippen LogP contribution in [-0.2, 0) is 6.54 Å². The summed E-state index contributed by atoms with van der Waals surface area (Å²) < 4.78 is 15.7. The maximum absolute atomic E-state index is 13.2. The van der Waals surface area contributed by atoms with E-state index in [1.54, 1.807) is 48.4 Å². The van der Waals surface area contributed by atoms with E-state index in [2.05, 4.69) is 5.32 Å². The van der Waals surface area contributed by atoms with Crippen molar-refractivity contribution in [3.8, 4) is 17.2 Å². The van der Waals surface area contributed by atoms with Crippen LogP contribution in [-0.4, -0.2) is 33.1 Å². The van der Waals surface area contributed by atoms with Crippen molar-refractivity contribution in [1.29, 1.82) is 0 Å². The van der Waals surface area contributed by atoms with Crippen molar-refractivity contribution < 1.29 is 23.8 Å². The van der Waals surface area contributed by atoms with Crippen LogP contribution in [0.4, 0.5) is 11.4 Å². The second kappa shape index (κ2) is 8.80. The Balaban J connectivity index is 1.64. The summed E-state index contributed by atoms with van der Waals surface area (Å²) in [6.07, 6.45) is 0. The zero-order valence-corrected chi connectivity index (χ0v) is 18.5. The molecule has 0 aliphatic carbocycles. The van der Waals surface area contributed by atoms with E-state index >= 15 is 0 Å². The van der Waals surface area contributed by atoms with Gasteiger partial charge >= 0.3 is 0 Å². The van der Waals surface area contributed by atoms with Crippen molar-refractivity contribution in [2.24, 2.45) is 0 Å². The normalized spacial score (nSPS) is 12.4. The van der Waals surface area contributed by atoms with Gasteiger partial charge in [0.1, 0.15) is 17.2 Å². The molecule has 164 valence electrons. The number of nitrogens with zero attached hydrogens (tertiary/aromatic N) is 1. The van der Waals surface area contributed by atoms with Crippen LogP contribution in [0.25, 0.3) is 0 Å². The summed E-state index contributed by atoms with van der Waals surface area (Å²) in [5, 5.41) is 3.12. The van der Waals surface area contributed by atoms with E-state index in [-0.39, 0.29) is 11.5 Å². The van der Waals surface area contributed by atoms with Crippen LogP contribution in [0.5, 0.6) is 17.2 Å². The fourth-order valence-electron chi connectivity index (χ4n) is 3.67. The second-order valence-corrected chi connectivity index (χ2v) is 7.48. The highest BCUT2D eigenvalue weighted by Crippen LogP contribution is 2.37. The molecule has 3 aromatic rings. The molecule has 4 rings (SSSR count). The van der Waals surface area contributed by atoms with Crippen LogP contribution in [0.15, 0.2) is 54.6 Å². The number of nitrogens with one attached hydrogen (secondary N) is 1. The standard InChI is InChI=1S/C24H21ClN2O5/c1-30-16-9-7-15(8-10-16)27-13-14-5-4-6-17(22(14)24(27)29)23(28)26-19-11-18(25)20(31-2)12-21(19)32-3/h4-12H,13H2,1-3H3,(H,26,28). The molecule has 3 aromatic carbocycles. The number of halogens is 1. The van der Waals surface area contributed by atoms with E-state index in [4.69, 9.17) is 25.8 Å². The molecule has 1 aliphatic rings. The molecule has 0 saturated carbocycles. The molecule has 0 spiro atoms. The van der Waals surface area contributed by atoms with Crippen molar-refractivity contribution >= 4 is 34.8 Å². The van der Waals surface area contributed by atoms with E-state index in [9.17, 15) is 9.59 Å². The van der Waals surface area contributed by atoms with Gasteiger partial charge in [-0.05, 0) is 42.0 Å². The van der Waals surface area contributed by atoms with Crippen LogP contribution in [0.1, 0.15) is 26.3 Å². The molecule has 0 unspecified atom stereocenters. The van der Waals surface area contributed by atoms with Crippen LogP contribution in [0.3, 0.4) is 0 Å². The summed E-state index contributed by atoms with van der Waals surface area (Å²) in [5.74, 6) is 0.831. The molecule has 0 saturated heterocycles. The quantitative estimate of drug-likeness (QED) is 0.582. The third kappa shape index (κ3) is 3.83. The molecule has 0 bridgehead atoms. The minimum atomic E-state index is -0.439. The summed E-state index contributed by atoms with van der Waals surface area (Å²) in [7, 11) is 4.56. The highest BCUT2D eigenvalue weighted by molar-refractivity contribution is 6.32. The van der Waals surface area contributed by atoms with Crippen LogP contribution in [0.2, 0.25) is 5.02 Å². The van der Waals surface area contributed by atoms with Gasteiger partial charge in [-0.15, -0.1) is 0 Å². The van der Waals surface area contributed by atoms with Crippen molar-refractivity contribution in [3.63, 3.8) is 0 Å². The smallest absolute Gasteiger partial charge is 0.259 e. The molecule has 32 heavy (non-hydrogen) atoms. The Kier molecular flexibility index (Phi) is 5.92. The fraction of sp³-hybridized carbons (Fsp3) is 0.167. The lowest BCUT2D eigenvalue weighted by molar-refractivity contribution is 0.0976. The Morgan fingerprint density at radius 2 is 1.69 bits per heavy atom. The van der Waals surface area contributed by atoms with Gasteiger partial charge in [0.15, 0.2) is 0 Å². The molecule has 8 heteroatoms. The van der Waals surface area contributed by atoms with Gasteiger partial charge in [-0.3, -0.25) is 9.59 Å². The molecule has 0 fully saturated rings. The third-order valence-electron chi connectivity index (χ3n) is 5.29. The number of carbonyl (C=O) groups is 2. The van der Waals surface area contributed by atoms with E-state index in [0.29, 0.717) is 40.1 Å². The number of benzene rings is 3. The lowest BCUT2D eigenvalue weighted by Crippen LogP contribution is -2.24. The average molecular weight is 453 g/mol. The van der Waals surface area contributed by atoms with Gasteiger partial charge in [0, 0.05) is 11.8 Å². The first-order valence-corrected chi connectivity index (χ1v) is 10.1. The first-order chi connectivity index (χ1) is 15.5. The highest BCUT2D eigenvalue weighted by Gasteiger charge is 2.33. The lowest BCUT2D eigenvalue weighted by atomic mass is 10.0. The Hall–Kier alpha value is -3.71. The fourth-order valence-corrected chi connectivity index (χ4v) is 3.91. The minimum Gasteiger partial charge on any atom is -0.497 e. The van der Waals surface area contributed by atoms with Crippen molar-refractivity contribution in [3.05, 3.63) is 76.3 Å². The number of anilines is 2. The number of methoxy groups -OCH3 is 3. The van der Waals surface area contributed by atoms with Crippen molar-refractivity contribution in [2.45, 2.75) is 6.54 Å². The predicted octanol–water partition coefficient (Wildman–Crippen LogP) is 4.78. The van der Waals surface area contributed by atoms with Gasteiger partial charge in [-0.1, -0.05) is 23.7 Å². The van der Waals surface area contributed by atoms with Gasteiger partial charge < -0.3 is 24.4 Å². The predicted molar refractivity (Wildman–Crippen MR) is 122 cm³/mol. The minimum absolute atomic E-state index is 0.240. The zero-order valence-electron chi connectivity index (χ0n) is 17.8. The van der Waals surface area contributed by atoms with Crippen molar-refractivity contribution in [1.82, 2.24) is 0 Å². The molecule has 0 aromatic heterocycles. The number of carbonyl (C=O) groups excluding carboxylic acids is 2. The Morgan fingerprint density at radius 1 is 0.969 bits per heavy atom. The van der Waals surface area contributed by atoms with Gasteiger partial charge in [-0.2, -0.15) is 0 Å². The topological polar surface area (TPSA) is 77.1 Å². The summed E-state index contributed by atoms with van der Waals surface area (Å²) in [6.45, 7) is 0.374. The maximum atomic E-state index is 13.2. The molecule has 1 N–H and O–H groups in total. The highest BCUT2D eigenvalue weighted by atomic mass is 35.5. The van der Waals surface area contributed by atoms with Gasteiger partial charge in [0.25, 0.3) is 11.8 Å². The third-order valence-corrected chi connectivity index (χ3v) is 5.58. The number of hydrogen-bond acceptors (Lipinski definition) is 5. The van der Waals surface area contributed by atoms with E-state index in [1.807, 2.05) is 18.2 Å². The first kappa shape index (κ1) is 21.5. The molecule has 0 atom stereocenters. The van der Waals surface area contributed by atoms with E-state index < -0.39 is 5.91 Å². The summed E-state index contributed by atoms with van der Waals surface area (Å²) >= 11 is 6.21. The average Bonchev–Trinajstić information content (AvgIpc) is 3.16. The Morgan fingerprint density at radius 3 is 2.34 bits per heavy atom. The molecular formula is C24H21ClN2O5. The molecule has 2 amide bonds. The Bertz CT molecular complexity index is 1190. The monoisotopic (exact) mass is 452 g/mol. The van der Waals surface area contributed by atoms with Gasteiger partial charge in [-0.25, -0.2) is 0 Å². The first-order valence-electron chi connectivity index (χ1n) is 9.77. The number of hydrogen-bond donors (Lipinski definition) is 1. The summed E-state index contributed by atoms with van der Waals surface area (Å²) in [4.78, 5) is 28.0. The molecule has 7 nitrogen and oxygen atoms in total. The second-order valence-electron chi connectivity index (χ2n) is 7.07. The Labute approximate surface area is 190 Å².